The molecule has 1 aromatic carbocycles. The lowest BCUT2D eigenvalue weighted by Crippen LogP contribution is -2.28. The lowest BCUT2D eigenvalue weighted by Gasteiger charge is -2.21. The fourth-order valence-electron chi connectivity index (χ4n) is 1.92. The van der Waals surface area contributed by atoms with E-state index in [2.05, 4.69) is 0 Å². The SMILES string of the molecule is Cl.N[C@@H]1CCc2ccc(C(=O)O)cc2C1. The van der Waals surface area contributed by atoms with Crippen LogP contribution < -0.4 is 5.73 Å². The Hall–Kier alpha value is -1.06. The highest BCUT2D eigenvalue weighted by atomic mass is 35.5. The standard InChI is InChI=1S/C11H13NO2.ClH/c12-10-4-3-7-1-2-8(11(13)14)5-9(7)6-10;/h1-2,5,10H,3-4,6,12H2,(H,13,14);1H/t10-;/m1./s1. The molecule has 3 nitrogen and oxygen atoms in total. The summed E-state index contributed by atoms with van der Waals surface area (Å²) in [4.78, 5) is 10.7. The Kier molecular flexibility index (Phi) is 3.72. The Labute approximate surface area is 94.7 Å². The number of fused-ring (bicyclic) bond motifs is 1. The molecule has 0 unspecified atom stereocenters. The van der Waals surface area contributed by atoms with E-state index in [0.717, 1.165) is 24.8 Å². The van der Waals surface area contributed by atoms with E-state index in [1.165, 1.54) is 5.56 Å². The number of carboxylic acids is 1. The zero-order valence-electron chi connectivity index (χ0n) is 8.27. The summed E-state index contributed by atoms with van der Waals surface area (Å²) in [5.74, 6) is -0.869. The van der Waals surface area contributed by atoms with Gasteiger partial charge in [0.1, 0.15) is 0 Å². The average molecular weight is 228 g/mol. The summed E-state index contributed by atoms with van der Waals surface area (Å²) in [6.07, 6.45) is 2.77. The predicted octanol–water partition coefficient (Wildman–Crippen LogP) is 1.62. The van der Waals surface area contributed by atoms with Crippen LogP contribution in [0.5, 0.6) is 0 Å². The lowest BCUT2D eigenvalue weighted by atomic mass is 9.88. The van der Waals surface area contributed by atoms with Gasteiger partial charge < -0.3 is 10.8 Å². The van der Waals surface area contributed by atoms with Crippen LogP contribution in [0.1, 0.15) is 27.9 Å². The molecule has 0 radical (unpaired) electrons. The first-order valence-corrected chi connectivity index (χ1v) is 4.77. The number of nitrogens with two attached hydrogens (primary N) is 1. The molecule has 4 heteroatoms. The van der Waals surface area contributed by atoms with E-state index in [4.69, 9.17) is 10.8 Å². The van der Waals surface area contributed by atoms with E-state index in [1.807, 2.05) is 6.07 Å². The minimum absolute atomic E-state index is 0. The fraction of sp³-hybridized carbons (Fsp3) is 0.364. The second kappa shape index (κ2) is 4.64. The molecular formula is C11H14ClNO2. The van der Waals surface area contributed by atoms with Crippen molar-refractivity contribution in [1.29, 1.82) is 0 Å². The smallest absolute Gasteiger partial charge is 0.335 e. The lowest BCUT2D eigenvalue weighted by molar-refractivity contribution is 0.0696. The van der Waals surface area contributed by atoms with Crippen LogP contribution in [-0.2, 0) is 12.8 Å². The highest BCUT2D eigenvalue weighted by Gasteiger charge is 2.16. The van der Waals surface area contributed by atoms with E-state index >= 15 is 0 Å². The molecule has 15 heavy (non-hydrogen) atoms. The fourth-order valence-corrected chi connectivity index (χ4v) is 1.92. The number of carbonyl (C=O) groups is 1. The minimum Gasteiger partial charge on any atom is -0.478 e. The number of hydrogen-bond acceptors (Lipinski definition) is 2. The van der Waals surface area contributed by atoms with Crippen molar-refractivity contribution < 1.29 is 9.90 Å². The average Bonchev–Trinajstić information content (AvgIpc) is 2.16. The second-order valence-corrected chi connectivity index (χ2v) is 3.79. The molecule has 3 N–H and O–H groups in total. The summed E-state index contributed by atoms with van der Waals surface area (Å²) >= 11 is 0. The first-order chi connectivity index (χ1) is 6.66. The molecule has 0 heterocycles. The monoisotopic (exact) mass is 227 g/mol. The summed E-state index contributed by atoms with van der Waals surface area (Å²) < 4.78 is 0. The van der Waals surface area contributed by atoms with Gasteiger partial charge in [0.05, 0.1) is 5.56 Å². The molecule has 1 atom stereocenters. The Morgan fingerprint density at radius 1 is 1.40 bits per heavy atom. The van der Waals surface area contributed by atoms with Gasteiger partial charge in [-0.25, -0.2) is 4.79 Å². The van der Waals surface area contributed by atoms with Crippen molar-refractivity contribution in [2.75, 3.05) is 0 Å². The summed E-state index contributed by atoms with van der Waals surface area (Å²) in [6.45, 7) is 0. The van der Waals surface area contributed by atoms with Crippen LogP contribution in [0.25, 0.3) is 0 Å². The maximum absolute atomic E-state index is 10.7. The van der Waals surface area contributed by atoms with Gasteiger partial charge in [-0.2, -0.15) is 0 Å². The highest BCUT2D eigenvalue weighted by Crippen LogP contribution is 2.21. The number of aromatic carboxylic acids is 1. The van der Waals surface area contributed by atoms with Crippen molar-refractivity contribution in [2.24, 2.45) is 5.73 Å². The molecule has 0 saturated heterocycles. The van der Waals surface area contributed by atoms with Crippen LogP contribution in [0.3, 0.4) is 0 Å². The molecule has 0 aliphatic heterocycles. The van der Waals surface area contributed by atoms with Gasteiger partial charge in [-0.1, -0.05) is 6.07 Å². The minimum atomic E-state index is -0.869. The summed E-state index contributed by atoms with van der Waals surface area (Å²) in [5.41, 5.74) is 8.53. The van der Waals surface area contributed by atoms with E-state index in [0.29, 0.717) is 5.56 Å². The molecule has 1 aromatic rings. The van der Waals surface area contributed by atoms with Crippen molar-refractivity contribution in [2.45, 2.75) is 25.3 Å². The van der Waals surface area contributed by atoms with Gasteiger partial charge in [-0.3, -0.25) is 0 Å². The van der Waals surface area contributed by atoms with Crippen molar-refractivity contribution in [1.82, 2.24) is 0 Å². The first kappa shape index (κ1) is 12.0. The van der Waals surface area contributed by atoms with Crippen molar-refractivity contribution in [3.05, 3.63) is 34.9 Å². The summed E-state index contributed by atoms with van der Waals surface area (Å²) in [5, 5.41) is 8.82. The van der Waals surface area contributed by atoms with Gasteiger partial charge in [0.15, 0.2) is 0 Å². The van der Waals surface area contributed by atoms with Crippen molar-refractivity contribution in [3.8, 4) is 0 Å². The summed E-state index contributed by atoms with van der Waals surface area (Å²) in [6, 6.07) is 5.51. The Balaban J connectivity index is 0.00000112. The molecule has 1 aliphatic carbocycles. The summed E-state index contributed by atoms with van der Waals surface area (Å²) in [7, 11) is 0. The van der Waals surface area contributed by atoms with E-state index in [9.17, 15) is 4.79 Å². The molecule has 82 valence electrons. The molecule has 0 fully saturated rings. The second-order valence-electron chi connectivity index (χ2n) is 3.79. The molecule has 1 aliphatic rings. The van der Waals surface area contributed by atoms with E-state index in [1.54, 1.807) is 12.1 Å². The molecule has 0 spiro atoms. The van der Waals surface area contributed by atoms with Gasteiger partial charge in [0.25, 0.3) is 0 Å². The third kappa shape index (κ3) is 2.49. The third-order valence-corrected chi connectivity index (χ3v) is 2.72. The van der Waals surface area contributed by atoms with Gasteiger partial charge in [0, 0.05) is 6.04 Å². The third-order valence-electron chi connectivity index (χ3n) is 2.72. The largest absolute Gasteiger partial charge is 0.478 e. The molecule has 0 bridgehead atoms. The number of aryl methyl sites for hydroxylation is 1. The van der Waals surface area contributed by atoms with Crippen LogP contribution in [0, 0.1) is 0 Å². The predicted molar refractivity (Wildman–Crippen MR) is 60.6 cm³/mol. The molecular weight excluding hydrogens is 214 g/mol. The van der Waals surface area contributed by atoms with Crippen LogP contribution >= 0.6 is 12.4 Å². The van der Waals surface area contributed by atoms with Crippen LogP contribution in [0.15, 0.2) is 18.2 Å². The van der Waals surface area contributed by atoms with Gasteiger partial charge in [-0.05, 0) is 42.5 Å². The number of benzene rings is 1. The zero-order valence-corrected chi connectivity index (χ0v) is 9.09. The van der Waals surface area contributed by atoms with Gasteiger partial charge >= 0.3 is 5.97 Å². The normalized spacial score (nSPS) is 18.9. The Morgan fingerprint density at radius 2 is 2.13 bits per heavy atom. The molecule has 2 rings (SSSR count). The van der Waals surface area contributed by atoms with Crippen LogP contribution in [-0.4, -0.2) is 17.1 Å². The first-order valence-electron chi connectivity index (χ1n) is 4.77. The molecule has 0 amide bonds. The maximum Gasteiger partial charge on any atom is 0.335 e. The van der Waals surface area contributed by atoms with Gasteiger partial charge in [-0.15, -0.1) is 12.4 Å². The Bertz CT molecular complexity index is 379. The number of halogens is 1. The maximum atomic E-state index is 10.7. The molecule has 0 saturated carbocycles. The Morgan fingerprint density at radius 3 is 2.80 bits per heavy atom. The van der Waals surface area contributed by atoms with Crippen molar-refractivity contribution >= 4 is 18.4 Å². The zero-order chi connectivity index (χ0) is 10.1. The molecule has 0 aromatic heterocycles. The highest BCUT2D eigenvalue weighted by molar-refractivity contribution is 5.87. The van der Waals surface area contributed by atoms with E-state index < -0.39 is 5.97 Å². The van der Waals surface area contributed by atoms with Crippen LogP contribution in [0.2, 0.25) is 0 Å². The quantitative estimate of drug-likeness (QED) is 0.767. The topological polar surface area (TPSA) is 63.3 Å². The van der Waals surface area contributed by atoms with E-state index in [-0.39, 0.29) is 18.4 Å². The number of hydrogen-bond donors (Lipinski definition) is 2. The number of carboxylic acid groups (broad SMARTS) is 1. The number of rotatable bonds is 1. The van der Waals surface area contributed by atoms with Gasteiger partial charge in [0.2, 0.25) is 0 Å². The van der Waals surface area contributed by atoms with Crippen LogP contribution in [0.4, 0.5) is 0 Å². The van der Waals surface area contributed by atoms with Crippen molar-refractivity contribution in [3.63, 3.8) is 0 Å².